The largest absolute Gasteiger partial charge is 0.454 e. The van der Waals surface area contributed by atoms with Crippen LogP contribution in [-0.2, 0) is 10.0 Å². The molecule has 0 aromatic heterocycles. The fourth-order valence-corrected chi connectivity index (χ4v) is 3.95. The molecule has 1 heterocycles. The second kappa shape index (κ2) is 5.40. The maximum Gasteiger partial charge on any atom is 0.263 e. The van der Waals surface area contributed by atoms with E-state index in [1.165, 1.54) is 12.1 Å². The highest BCUT2D eigenvalue weighted by Gasteiger charge is 2.20. The van der Waals surface area contributed by atoms with Gasteiger partial charge in [0.1, 0.15) is 4.90 Å². The van der Waals surface area contributed by atoms with Crippen LogP contribution in [0.3, 0.4) is 0 Å². The van der Waals surface area contributed by atoms with Gasteiger partial charge in [-0.1, -0.05) is 27.5 Å². The molecule has 1 N–H and O–H groups in total. The molecule has 110 valence electrons. The van der Waals surface area contributed by atoms with E-state index in [1.807, 2.05) is 0 Å². The van der Waals surface area contributed by atoms with Crippen molar-refractivity contribution in [2.24, 2.45) is 0 Å². The van der Waals surface area contributed by atoms with Gasteiger partial charge in [0.05, 0.1) is 10.7 Å². The van der Waals surface area contributed by atoms with E-state index in [0.717, 1.165) is 0 Å². The van der Waals surface area contributed by atoms with Crippen LogP contribution < -0.4 is 14.2 Å². The first-order chi connectivity index (χ1) is 9.95. The SMILES string of the molecule is O=S(=O)(Nc1ccc2c(c1)OCO2)c1ccc(Br)cc1Cl. The molecule has 1 aliphatic heterocycles. The smallest absolute Gasteiger partial charge is 0.263 e. The number of hydrogen-bond acceptors (Lipinski definition) is 4. The Labute approximate surface area is 135 Å². The fourth-order valence-electron chi connectivity index (χ4n) is 1.86. The number of hydrogen-bond donors (Lipinski definition) is 1. The average molecular weight is 391 g/mol. The predicted octanol–water partition coefficient (Wildman–Crippen LogP) is 3.63. The van der Waals surface area contributed by atoms with Crippen LogP contribution in [0.2, 0.25) is 5.02 Å². The van der Waals surface area contributed by atoms with Gasteiger partial charge in [-0.2, -0.15) is 0 Å². The van der Waals surface area contributed by atoms with E-state index < -0.39 is 10.0 Å². The van der Waals surface area contributed by atoms with Crippen molar-refractivity contribution < 1.29 is 17.9 Å². The Kier molecular flexibility index (Phi) is 3.73. The summed E-state index contributed by atoms with van der Waals surface area (Å²) < 4.78 is 38.3. The van der Waals surface area contributed by atoms with E-state index >= 15 is 0 Å². The molecule has 2 aromatic rings. The van der Waals surface area contributed by atoms with Crippen LogP contribution in [0, 0.1) is 0 Å². The van der Waals surface area contributed by atoms with Crippen LogP contribution in [0.25, 0.3) is 0 Å². The Morgan fingerprint density at radius 3 is 2.62 bits per heavy atom. The number of fused-ring (bicyclic) bond motifs is 1. The number of benzene rings is 2. The van der Waals surface area contributed by atoms with Gasteiger partial charge in [0.2, 0.25) is 6.79 Å². The molecule has 1 aliphatic rings. The molecule has 0 saturated carbocycles. The lowest BCUT2D eigenvalue weighted by molar-refractivity contribution is 0.174. The Balaban J connectivity index is 1.92. The third-order valence-corrected chi connectivity index (χ3v) is 5.17. The first-order valence-corrected chi connectivity index (χ1v) is 8.49. The van der Waals surface area contributed by atoms with E-state index in [0.29, 0.717) is 21.7 Å². The highest BCUT2D eigenvalue weighted by Crippen LogP contribution is 2.35. The highest BCUT2D eigenvalue weighted by molar-refractivity contribution is 9.10. The van der Waals surface area contributed by atoms with E-state index in [9.17, 15) is 8.42 Å². The molecule has 0 spiro atoms. The summed E-state index contributed by atoms with van der Waals surface area (Å²) in [6, 6.07) is 9.37. The van der Waals surface area contributed by atoms with Crippen molar-refractivity contribution in [1.29, 1.82) is 0 Å². The maximum absolute atomic E-state index is 12.4. The second-order valence-electron chi connectivity index (χ2n) is 4.25. The summed E-state index contributed by atoms with van der Waals surface area (Å²) in [6.45, 7) is 0.129. The molecule has 0 amide bonds. The lowest BCUT2D eigenvalue weighted by Crippen LogP contribution is -2.13. The molecule has 0 unspecified atom stereocenters. The van der Waals surface area contributed by atoms with Gasteiger partial charge in [0.15, 0.2) is 11.5 Å². The number of rotatable bonds is 3. The van der Waals surface area contributed by atoms with Crippen LogP contribution in [0.15, 0.2) is 45.8 Å². The number of nitrogens with one attached hydrogen (secondary N) is 1. The van der Waals surface area contributed by atoms with Gasteiger partial charge in [-0.05, 0) is 30.3 Å². The summed E-state index contributed by atoms with van der Waals surface area (Å²) in [7, 11) is -3.78. The third kappa shape index (κ3) is 2.95. The van der Waals surface area contributed by atoms with Crippen molar-refractivity contribution in [3.05, 3.63) is 45.9 Å². The van der Waals surface area contributed by atoms with Crippen molar-refractivity contribution in [2.45, 2.75) is 4.90 Å². The van der Waals surface area contributed by atoms with Gasteiger partial charge in [-0.15, -0.1) is 0 Å². The summed E-state index contributed by atoms with van der Waals surface area (Å²) in [5.41, 5.74) is 0.373. The second-order valence-corrected chi connectivity index (χ2v) is 7.22. The van der Waals surface area contributed by atoms with E-state index in [-0.39, 0.29) is 16.7 Å². The summed E-state index contributed by atoms with van der Waals surface area (Å²) in [6.07, 6.45) is 0. The van der Waals surface area contributed by atoms with Gasteiger partial charge in [0.25, 0.3) is 10.0 Å². The van der Waals surface area contributed by atoms with Gasteiger partial charge in [-0.3, -0.25) is 4.72 Å². The zero-order valence-electron chi connectivity index (χ0n) is 10.5. The Morgan fingerprint density at radius 1 is 1.10 bits per heavy atom. The molecule has 0 aliphatic carbocycles. The summed E-state index contributed by atoms with van der Waals surface area (Å²) >= 11 is 9.21. The monoisotopic (exact) mass is 389 g/mol. The first kappa shape index (κ1) is 14.5. The topological polar surface area (TPSA) is 64.6 Å². The highest BCUT2D eigenvalue weighted by atomic mass is 79.9. The van der Waals surface area contributed by atoms with Crippen LogP contribution in [0.4, 0.5) is 5.69 Å². The predicted molar refractivity (Wildman–Crippen MR) is 82.5 cm³/mol. The molecule has 0 radical (unpaired) electrons. The Morgan fingerprint density at radius 2 is 1.86 bits per heavy atom. The van der Waals surface area contributed by atoms with Crippen LogP contribution in [-0.4, -0.2) is 15.2 Å². The molecule has 5 nitrogen and oxygen atoms in total. The molecule has 3 rings (SSSR count). The molecular weight excluding hydrogens is 382 g/mol. The Hall–Kier alpha value is -1.44. The normalized spacial score (nSPS) is 13.2. The van der Waals surface area contributed by atoms with Gasteiger partial charge in [0, 0.05) is 10.5 Å². The van der Waals surface area contributed by atoms with E-state index in [1.54, 1.807) is 24.3 Å². The molecule has 0 saturated heterocycles. The number of anilines is 1. The summed E-state index contributed by atoms with van der Waals surface area (Å²) in [5.74, 6) is 1.08. The quantitative estimate of drug-likeness (QED) is 0.869. The van der Waals surface area contributed by atoms with Crippen molar-refractivity contribution in [1.82, 2.24) is 0 Å². The third-order valence-electron chi connectivity index (χ3n) is 2.81. The van der Waals surface area contributed by atoms with Crippen molar-refractivity contribution in [3.63, 3.8) is 0 Å². The van der Waals surface area contributed by atoms with Crippen LogP contribution in [0.1, 0.15) is 0 Å². The number of halogens is 2. The van der Waals surface area contributed by atoms with E-state index in [2.05, 4.69) is 20.7 Å². The number of sulfonamides is 1. The maximum atomic E-state index is 12.4. The molecule has 21 heavy (non-hydrogen) atoms. The summed E-state index contributed by atoms with van der Waals surface area (Å²) in [5, 5.41) is 0.137. The molecule has 0 bridgehead atoms. The fraction of sp³-hybridized carbons (Fsp3) is 0.0769. The summed E-state index contributed by atoms with van der Waals surface area (Å²) in [4.78, 5) is 0.00466. The Bertz CT molecular complexity index is 810. The van der Waals surface area contributed by atoms with Crippen molar-refractivity contribution in [2.75, 3.05) is 11.5 Å². The number of ether oxygens (including phenoxy) is 2. The average Bonchev–Trinajstić information content (AvgIpc) is 2.85. The molecule has 0 atom stereocenters. The minimum Gasteiger partial charge on any atom is -0.454 e. The zero-order chi connectivity index (χ0) is 15.0. The first-order valence-electron chi connectivity index (χ1n) is 5.83. The van der Waals surface area contributed by atoms with Gasteiger partial charge < -0.3 is 9.47 Å². The zero-order valence-corrected chi connectivity index (χ0v) is 13.6. The molecule has 2 aromatic carbocycles. The van der Waals surface area contributed by atoms with Crippen LogP contribution >= 0.6 is 27.5 Å². The van der Waals surface area contributed by atoms with Crippen LogP contribution in [0.5, 0.6) is 11.5 Å². The van der Waals surface area contributed by atoms with Crippen molar-refractivity contribution in [3.8, 4) is 11.5 Å². The molecule has 8 heteroatoms. The lowest BCUT2D eigenvalue weighted by atomic mass is 10.3. The van der Waals surface area contributed by atoms with Crippen molar-refractivity contribution >= 4 is 43.2 Å². The standard InChI is InChI=1S/C13H9BrClNO4S/c14-8-1-4-13(10(15)5-8)21(17,18)16-9-2-3-11-12(6-9)20-7-19-11/h1-6,16H,7H2. The minimum atomic E-state index is -3.78. The van der Waals surface area contributed by atoms with E-state index in [4.69, 9.17) is 21.1 Å². The van der Waals surface area contributed by atoms with Gasteiger partial charge in [-0.25, -0.2) is 8.42 Å². The molecule has 0 fully saturated rings. The molecular formula is C13H9BrClNO4S. The lowest BCUT2D eigenvalue weighted by Gasteiger charge is -2.10. The minimum absolute atomic E-state index is 0.00466. The van der Waals surface area contributed by atoms with Gasteiger partial charge >= 0.3 is 0 Å².